The summed E-state index contributed by atoms with van der Waals surface area (Å²) in [6.07, 6.45) is 1.04. The maximum absolute atomic E-state index is 11.9. The number of fused-ring (bicyclic) bond motifs is 1. The van der Waals surface area contributed by atoms with E-state index in [1.807, 2.05) is 31.3 Å². The van der Waals surface area contributed by atoms with Crippen molar-refractivity contribution in [2.24, 2.45) is 4.99 Å². The summed E-state index contributed by atoms with van der Waals surface area (Å²) < 4.78 is 0. The number of rotatable bonds is 3. The molecule has 3 rings (SSSR count). The lowest BCUT2D eigenvalue weighted by Gasteiger charge is -2.22. The van der Waals surface area contributed by atoms with Crippen LogP contribution in [0, 0.1) is 0 Å². The Bertz CT molecular complexity index is 781. The number of carbonyl (C=O) groups is 1. The molecule has 0 saturated heterocycles. The number of para-hydroxylation sites is 1. The van der Waals surface area contributed by atoms with Crippen LogP contribution in [-0.4, -0.2) is 44.5 Å². The third-order valence-electron chi connectivity index (χ3n) is 4.41. The van der Waals surface area contributed by atoms with Gasteiger partial charge < -0.3 is 15.1 Å². The van der Waals surface area contributed by atoms with Crippen LogP contribution in [0.15, 0.2) is 53.5 Å². The molecule has 2 aromatic carbocycles. The van der Waals surface area contributed by atoms with E-state index in [4.69, 9.17) is 0 Å². The highest BCUT2D eigenvalue weighted by atomic mass is 16.2. The first-order valence-corrected chi connectivity index (χ1v) is 8.47. The molecule has 2 aromatic rings. The fraction of sp³-hybridized carbons (Fsp3) is 0.300. The SMILES string of the molecule is CN=C(NCc1ccc(C(=O)N(C)C)cc1)N1CCc2ccccc21. The van der Waals surface area contributed by atoms with Gasteiger partial charge in [0.25, 0.3) is 5.91 Å². The fourth-order valence-electron chi connectivity index (χ4n) is 3.06. The third-order valence-corrected chi connectivity index (χ3v) is 4.41. The molecule has 0 radical (unpaired) electrons. The van der Waals surface area contributed by atoms with E-state index in [1.165, 1.54) is 11.3 Å². The number of hydrogen-bond acceptors (Lipinski definition) is 2. The highest BCUT2D eigenvalue weighted by Crippen LogP contribution is 2.27. The number of aliphatic imine (C=N–C) groups is 1. The van der Waals surface area contributed by atoms with E-state index in [-0.39, 0.29) is 5.91 Å². The Labute approximate surface area is 149 Å². The Kier molecular flexibility index (Phi) is 5.03. The van der Waals surface area contributed by atoms with Crippen molar-refractivity contribution in [2.45, 2.75) is 13.0 Å². The summed E-state index contributed by atoms with van der Waals surface area (Å²) in [5.74, 6) is 0.891. The predicted octanol–water partition coefficient (Wildman–Crippen LogP) is 2.53. The minimum absolute atomic E-state index is 0.0176. The zero-order chi connectivity index (χ0) is 17.8. The van der Waals surface area contributed by atoms with E-state index in [9.17, 15) is 4.79 Å². The van der Waals surface area contributed by atoms with Crippen molar-refractivity contribution in [1.29, 1.82) is 0 Å². The summed E-state index contributed by atoms with van der Waals surface area (Å²) in [5, 5.41) is 3.42. The lowest BCUT2D eigenvalue weighted by molar-refractivity contribution is 0.0827. The summed E-state index contributed by atoms with van der Waals surface area (Å²) in [6, 6.07) is 16.1. The van der Waals surface area contributed by atoms with E-state index in [2.05, 4.69) is 39.5 Å². The van der Waals surface area contributed by atoms with Gasteiger partial charge in [-0.05, 0) is 35.7 Å². The molecule has 0 aliphatic carbocycles. The normalized spacial score (nSPS) is 13.6. The molecule has 0 fully saturated rings. The van der Waals surface area contributed by atoms with Crippen molar-refractivity contribution in [1.82, 2.24) is 10.2 Å². The van der Waals surface area contributed by atoms with Crippen LogP contribution in [-0.2, 0) is 13.0 Å². The van der Waals surface area contributed by atoms with E-state index >= 15 is 0 Å². The predicted molar refractivity (Wildman–Crippen MR) is 102 cm³/mol. The maximum Gasteiger partial charge on any atom is 0.253 e. The number of nitrogens with zero attached hydrogens (tertiary/aromatic N) is 3. The molecule has 0 unspecified atom stereocenters. The van der Waals surface area contributed by atoms with Crippen LogP contribution in [0.1, 0.15) is 21.5 Å². The van der Waals surface area contributed by atoms with Gasteiger partial charge in [-0.2, -0.15) is 0 Å². The third kappa shape index (κ3) is 3.65. The molecule has 1 amide bonds. The van der Waals surface area contributed by atoms with Gasteiger partial charge in [0, 0.05) is 45.5 Å². The van der Waals surface area contributed by atoms with E-state index < -0.39 is 0 Å². The molecular formula is C20H24N4O. The molecule has 1 aliphatic rings. The smallest absolute Gasteiger partial charge is 0.253 e. The molecule has 0 atom stereocenters. The number of anilines is 1. The van der Waals surface area contributed by atoms with Crippen molar-refractivity contribution in [3.8, 4) is 0 Å². The Hall–Kier alpha value is -2.82. The summed E-state index contributed by atoms with van der Waals surface area (Å²) in [6.45, 7) is 1.61. The number of hydrogen-bond donors (Lipinski definition) is 1. The molecule has 0 spiro atoms. The van der Waals surface area contributed by atoms with Crippen LogP contribution in [0.3, 0.4) is 0 Å². The van der Waals surface area contributed by atoms with Crippen molar-refractivity contribution in [2.75, 3.05) is 32.6 Å². The Morgan fingerprint density at radius 3 is 2.56 bits per heavy atom. The van der Waals surface area contributed by atoms with Gasteiger partial charge in [-0.25, -0.2) is 0 Å². The summed E-state index contributed by atoms with van der Waals surface area (Å²) in [7, 11) is 5.33. The maximum atomic E-state index is 11.9. The van der Waals surface area contributed by atoms with Gasteiger partial charge >= 0.3 is 0 Å². The second-order valence-corrected chi connectivity index (χ2v) is 6.33. The first kappa shape index (κ1) is 17.0. The molecular weight excluding hydrogens is 312 g/mol. The topological polar surface area (TPSA) is 47.9 Å². The first-order valence-electron chi connectivity index (χ1n) is 8.47. The Morgan fingerprint density at radius 1 is 1.16 bits per heavy atom. The number of benzene rings is 2. The van der Waals surface area contributed by atoms with Crippen molar-refractivity contribution in [3.63, 3.8) is 0 Å². The zero-order valence-corrected chi connectivity index (χ0v) is 15.0. The quantitative estimate of drug-likeness (QED) is 0.692. The molecule has 5 nitrogen and oxygen atoms in total. The fourth-order valence-corrected chi connectivity index (χ4v) is 3.06. The molecule has 130 valence electrons. The van der Waals surface area contributed by atoms with Crippen LogP contribution < -0.4 is 10.2 Å². The van der Waals surface area contributed by atoms with Gasteiger partial charge in [-0.1, -0.05) is 30.3 Å². The summed E-state index contributed by atoms with van der Waals surface area (Å²) in [5.41, 5.74) is 4.40. The first-order chi connectivity index (χ1) is 12.1. The zero-order valence-electron chi connectivity index (χ0n) is 15.0. The average molecular weight is 336 g/mol. The number of amides is 1. The highest BCUT2D eigenvalue weighted by Gasteiger charge is 2.22. The standard InChI is InChI=1S/C20H24N4O/c1-21-20(24-13-12-16-6-4-5-7-18(16)24)22-14-15-8-10-17(11-9-15)19(25)23(2)3/h4-11H,12-14H2,1-3H3,(H,21,22). The van der Waals surface area contributed by atoms with Crippen LogP contribution in [0.4, 0.5) is 5.69 Å². The largest absolute Gasteiger partial charge is 0.352 e. The van der Waals surface area contributed by atoms with Gasteiger partial charge in [0.1, 0.15) is 0 Å². The molecule has 0 bridgehead atoms. The lowest BCUT2D eigenvalue weighted by atomic mass is 10.1. The number of nitrogens with one attached hydrogen (secondary N) is 1. The Balaban J connectivity index is 1.66. The van der Waals surface area contributed by atoms with Crippen LogP contribution in [0.5, 0.6) is 0 Å². The van der Waals surface area contributed by atoms with Crippen molar-refractivity contribution >= 4 is 17.6 Å². The van der Waals surface area contributed by atoms with Crippen LogP contribution >= 0.6 is 0 Å². The number of carbonyl (C=O) groups excluding carboxylic acids is 1. The minimum atomic E-state index is 0.0176. The van der Waals surface area contributed by atoms with Crippen molar-refractivity contribution in [3.05, 3.63) is 65.2 Å². The van der Waals surface area contributed by atoms with Crippen LogP contribution in [0.2, 0.25) is 0 Å². The van der Waals surface area contributed by atoms with Gasteiger partial charge in [-0.15, -0.1) is 0 Å². The molecule has 0 saturated carbocycles. The van der Waals surface area contributed by atoms with E-state index in [0.29, 0.717) is 12.1 Å². The highest BCUT2D eigenvalue weighted by molar-refractivity contribution is 5.98. The summed E-state index contributed by atoms with van der Waals surface area (Å²) in [4.78, 5) is 20.2. The van der Waals surface area contributed by atoms with Gasteiger partial charge in [-0.3, -0.25) is 9.79 Å². The van der Waals surface area contributed by atoms with E-state index in [0.717, 1.165) is 24.5 Å². The second-order valence-electron chi connectivity index (χ2n) is 6.33. The molecule has 0 aromatic heterocycles. The molecule has 1 aliphatic heterocycles. The minimum Gasteiger partial charge on any atom is -0.352 e. The van der Waals surface area contributed by atoms with Gasteiger partial charge in [0.2, 0.25) is 0 Å². The monoisotopic (exact) mass is 336 g/mol. The second kappa shape index (κ2) is 7.38. The number of guanidine groups is 1. The molecule has 1 heterocycles. The van der Waals surface area contributed by atoms with Crippen LogP contribution in [0.25, 0.3) is 0 Å². The lowest BCUT2D eigenvalue weighted by Crippen LogP contribution is -2.40. The molecule has 5 heteroatoms. The van der Waals surface area contributed by atoms with Gasteiger partial charge in [0.15, 0.2) is 5.96 Å². The van der Waals surface area contributed by atoms with E-state index in [1.54, 1.807) is 19.0 Å². The average Bonchev–Trinajstić information content (AvgIpc) is 3.06. The molecule has 1 N–H and O–H groups in total. The van der Waals surface area contributed by atoms with Crippen molar-refractivity contribution < 1.29 is 4.79 Å². The van der Waals surface area contributed by atoms with Gasteiger partial charge in [0.05, 0.1) is 0 Å². The Morgan fingerprint density at radius 2 is 1.88 bits per heavy atom. The molecule has 25 heavy (non-hydrogen) atoms. The summed E-state index contributed by atoms with van der Waals surface area (Å²) >= 11 is 0.